The van der Waals surface area contributed by atoms with E-state index >= 15 is 8.78 Å². The van der Waals surface area contributed by atoms with Gasteiger partial charge >= 0.3 is 0 Å². The second kappa shape index (κ2) is 12.6. The predicted octanol–water partition coefficient (Wildman–Crippen LogP) is 15.0. The van der Waals surface area contributed by atoms with E-state index in [1.165, 1.54) is 12.1 Å². The zero-order chi connectivity index (χ0) is 37.3. The van der Waals surface area contributed by atoms with Gasteiger partial charge in [0, 0.05) is 44.3 Å². The Balaban J connectivity index is 1.04. The van der Waals surface area contributed by atoms with Crippen LogP contribution in [0.15, 0.2) is 191 Å². The minimum absolute atomic E-state index is 0.302. The summed E-state index contributed by atoms with van der Waals surface area (Å²) in [6, 6.07) is 58.2. The van der Waals surface area contributed by atoms with E-state index in [-0.39, 0.29) is 11.6 Å². The van der Waals surface area contributed by atoms with E-state index in [4.69, 9.17) is 8.83 Å². The van der Waals surface area contributed by atoms with Gasteiger partial charge in [0.1, 0.15) is 22.8 Å². The molecule has 0 aliphatic heterocycles. The number of hydrogen-bond donors (Lipinski definition) is 0. The monoisotopic (exact) mass is 728 g/mol. The SMILES string of the molecule is Fc1ccccc1N(c1ccccc1)c1ccc2cc3c(cc2c1)oc1c3ccc2c3cc4ccc(N(c5ccccc5)c5ccccc5F)cc4cc3oc21. The third-order valence-corrected chi connectivity index (χ3v) is 10.7. The number of furan rings is 2. The summed E-state index contributed by atoms with van der Waals surface area (Å²) >= 11 is 0. The Bertz CT molecular complexity index is 3080. The summed E-state index contributed by atoms with van der Waals surface area (Å²) < 4.78 is 43.8. The minimum Gasteiger partial charge on any atom is -0.452 e. The summed E-state index contributed by atoms with van der Waals surface area (Å²) in [4.78, 5) is 3.86. The van der Waals surface area contributed by atoms with Crippen molar-refractivity contribution in [2.24, 2.45) is 0 Å². The van der Waals surface area contributed by atoms with Gasteiger partial charge in [-0.25, -0.2) is 8.78 Å². The highest BCUT2D eigenvalue weighted by atomic mass is 19.1. The molecule has 0 amide bonds. The molecule has 56 heavy (non-hydrogen) atoms. The van der Waals surface area contributed by atoms with Crippen molar-refractivity contribution in [1.29, 1.82) is 0 Å². The van der Waals surface area contributed by atoms with Crippen LogP contribution in [0, 0.1) is 11.6 Å². The van der Waals surface area contributed by atoms with E-state index in [2.05, 4.69) is 60.7 Å². The molecule has 11 rings (SSSR count). The Morgan fingerprint density at radius 2 is 0.732 bits per heavy atom. The van der Waals surface area contributed by atoms with Crippen LogP contribution in [0.2, 0.25) is 0 Å². The van der Waals surface area contributed by atoms with Crippen molar-refractivity contribution in [2.45, 2.75) is 0 Å². The van der Waals surface area contributed by atoms with E-state index < -0.39 is 0 Å². The summed E-state index contributed by atoms with van der Waals surface area (Å²) in [5.41, 5.74) is 7.16. The Morgan fingerprint density at radius 3 is 1.16 bits per heavy atom. The molecule has 0 radical (unpaired) electrons. The van der Waals surface area contributed by atoms with Gasteiger partial charge in [-0.3, -0.25) is 0 Å². The quantitative estimate of drug-likeness (QED) is 0.171. The summed E-state index contributed by atoms with van der Waals surface area (Å²) in [5, 5.41) is 7.91. The van der Waals surface area contributed by atoms with Crippen LogP contribution < -0.4 is 9.80 Å². The number of anilines is 6. The van der Waals surface area contributed by atoms with E-state index in [9.17, 15) is 0 Å². The molecule has 0 N–H and O–H groups in total. The summed E-state index contributed by atoms with van der Waals surface area (Å²) in [6.07, 6.45) is 0. The Kier molecular flexibility index (Phi) is 7.19. The maximum atomic E-state index is 15.2. The van der Waals surface area contributed by atoms with Gasteiger partial charge in [-0.1, -0.05) is 72.8 Å². The number of fused-ring (bicyclic) bond motifs is 9. The molecule has 0 unspecified atom stereocenters. The average Bonchev–Trinajstić information content (AvgIpc) is 3.79. The molecule has 2 aromatic heterocycles. The molecule has 9 aromatic carbocycles. The maximum Gasteiger partial charge on any atom is 0.178 e. The van der Waals surface area contributed by atoms with Crippen LogP contribution in [0.4, 0.5) is 42.9 Å². The van der Waals surface area contributed by atoms with Crippen LogP contribution in [-0.2, 0) is 0 Å². The minimum atomic E-state index is -0.302. The molecule has 0 bridgehead atoms. The normalized spacial score (nSPS) is 11.8. The molecule has 0 spiro atoms. The van der Waals surface area contributed by atoms with Gasteiger partial charge < -0.3 is 18.6 Å². The molecule has 0 fully saturated rings. The Labute approximate surface area is 319 Å². The van der Waals surface area contributed by atoms with Crippen LogP contribution in [0.5, 0.6) is 0 Å². The lowest BCUT2D eigenvalue weighted by Crippen LogP contribution is -2.11. The molecule has 11 aromatic rings. The molecule has 4 nitrogen and oxygen atoms in total. The number of rotatable bonds is 6. The van der Waals surface area contributed by atoms with Gasteiger partial charge in [0.05, 0.1) is 11.4 Å². The fourth-order valence-corrected chi connectivity index (χ4v) is 8.08. The van der Waals surface area contributed by atoms with Gasteiger partial charge in [-0.2, -0.15) is 0 Å². The summed E-state index contributed by atoms with van der Waals surface area (Å²) in [6.45, 7) is 0. The largest absolute Gasteiger partial charge is 0.452 e. The van der Waals surface area contributed by atoms with E-state index in [0.717, 1.165) is 77.0 Å². The summed E-state index contributed by atoms with van der Waals surface area (Å²) in [7, 11) is 0. The van der Waals surface area contributed by atoms with Gasteiger partial charge in [-0.15, -0.1) is 0 Å². The highest BCUT2D eigenvalue weighted by molar-refractivity contribution is 6.21. The number of hydrogen-bond acceptors (Lipinski definition) is 4. The van der Waals surface area contributed by atoms with Crippen LogP contribution >= 0.6 is 0 Å². The second-order valence-corrected chi connectivity index (χ2v) is 14.0. The molecular weight excluding hydrogens is 699 g/mol. The lowest BCUT2D eigenvalue weighted by molar-refractivity contribution is 0.628. The third kappa shape index (κ3) is 5.11. The number of benzene rings is 9. The maximum absolute atomic E-state index is 15.2. The molecule has 266 valence electrons. The van der Waals surface area contributed by atoms with Crippen molar-refractivity contribution in [3.63, 3.8) is 0 Å². The topological polar surface area (TPSA) is 32.8 Å². The Hall–Kier alpha value is -7.44. The predicted molar refractivity (Wildman–Crippen MR) is 225 cm³/mol. The molecule has 0 saturated heterocycles. The van der Waals surface area contributed by atoms with Crippen LogP contribution in [0.3, 0.4) is 0 Å². The highest BCUT2D eigenvalue weighted by Crippen LogP contribution is 2.44. The number of nitrogens with zero attached hydrogens (tertiary/aromatic N) is 2. The molecule has 6 heteroatoms. The molecule has 0 atom stereocenters. The third-order valence-electron chi connectivity index (χ3n) is 10.7. The van der Waals surface area contributed by atoms with Crippen LogP contribution in [0.1, 0.15) is 0 Å². The fraction of sp³-hybridized carbons (Fsp3) is 0. The molecule has 0 aliphatic carbocycles. The van der Waals surface area contributed by atoms with E-state index in [1.54, 1.807) is 24.3 Å². The van der Waals surface area contributed by atoms with Crippen molar-refractivity contribution in [1.82, 2.24) is 0 Å². The highest BCUT2D eigenvalue weighted by Gasteiger charge is 2.21. The van der Waals surface area contributed by atoms with E-state index in [0.29, 0.717) is 22.5 Å². The first-order valence-corrected chi connectivity index (χ1v) is 18.5. The first kappa shape index (κ1) is 32.0. The summed E-state index contributed by atoms with van der Waals surface area (Å²) in [5.74, 6) is -0.604. The fourth-order valence-electron chi connectivity index (χ4n) is 8.08. The van der Waals surface area contributed by atoms with Crippen molar-refractivity contribution in [2.75, 3.05) is 9.80 Å². The van der Waals surface area contributed by atoms with Gasteiger partial charge in [0.25, 0.3) is 0 Å². The first-order valence-electron chi connectivity index (χ1n) is 18.5. The van der Waals surface area contributed by atoms with E-state index in [1.807, 2.05) is 94.7 Å². The first-order chi connectivity index (χ1) is 27.6. The smallest absolute Gasteiger partial charge is 0.178 e. The van der Waals surface area contributed by atoms with Crippen molar-refractivity contribution in [3.8, 4) is 0 Å². The van der Waals surface area contributed by atoms with Crippen LogP contribution in [0.25, 0.3) is 65.4 Å². The average molecular weight is 729 g/mol. The standard InChI is InChI=1S/C50H30F2N2O2/c51-43-15-7-9-17-45(43)53(35-11-3-1-4-12-35)37-21-19-31-27-41-39-23-24-40-42-28-32-20-22-38(54(36-13-5-2-6-14-36)46-18-10-8-16-44(46)52)26-34(32)30-48(42)56-50(40)49(39)55-47(41)29-33(31)25-37/h1-30H. The van der Waals surface area contributed by atoms with Crippen LogP contribution in [-0.4, -0.2) is 0 Å². The van der Waals surface area contributed by atoms with Crippen molar-refractivity contribution >= 4 is 99.5 Å². The zero-order valence-electron chi connectivity index (χ0n) is 29.8. The number of para-hydroxylation sites is 4. The van der Waals surface area contributed by atoms with Crippen molar-refractivity contribution in [3.05, 3.63) is 194 Å². The zero-order valence-corrected chi connectivity index (χ0v) is 29.8. The van der Waals surface area contributed by atoms with Gasteiger partial charge in [0.2, 0.25) is 0 Å². The van der Waals surface area contributed by atoms with Crippen molar-refractivity contribution < 1.29 is 17.6 Å². The van der Waals surface area contributed by atoms with Gasteiger partial charge in [-0.05, 0) is 131 Å². The second-order valence-electron chi connectivity index (χ2n) is 14.0. The molecule has 2 heterocycles. The Morgan fingerprint density at radius 1 is 0.321 bits per heavy atom. The van der Waals surface area contributed by atoms with Gasteiger partial charge in [0.15, 0.2) is 11.2 Å². The lowest BCUT2D eigenvalue weighted by atomic mass is 10.0. The lowest BCUT2D eigenvalue weighted by Gasteiger charge is -2.26. The molecule has 0 saturated carbocycles. The number of halogens is 2. The molecule has 0 aliphatic rings. The molecular formula is C50H30F2N2O2.